The molecule has 4 aromatic rings. The summed E-state index contributed by atoms with van der Waals surface area (Å²) in [5, 5.41) is 6.11. The first-order valence-electron chi connectivity index (χ1n) is 12.0. The molecule has 0 unspecified atom stereocenters. The van der Waals surface area contributed by atoms with Gasteiger partial charge in [-0.15, -0.1) is 11.3 Å². The van der Waals surface area contributed by atoms with Crippen LogP contribution in [0.15, 0.2) is 72.8 Å². The van der Waals surface area contributed by atoms with Crippen LogP contribution in [0.5, 0.6) is 0 Å². The number of nitrogens with one attached hydrogen (secondary N) is 1. The third-order valence-electron chi connectivity index (χ3n) is 6.89. The van der Waals surface area contributed by atoms with E-state index in [0.29, 0.717) is 28.2 Å². The van der Waals surface area contributed by atoms with Gasteiger partial charge in [-0.3, -0.25) is 4.79 Å². The van der Waals surface area contributed by atoms with Crippen molar-refractivity contribution in [3.63, 3.8) is 0 Å². The second kappa shape index (κ2) is 10.7. The first-order chi connectivity index (χ1) is 17.0. The topological polar surface area (TPSA) is 32.3 Å². The summed E-state index contributed by atoms with van der Waals surface area (Å²) in [5.41, 5.74) is 3.15. The first kappa shape index (κ1) is 24.3. The molecule has 1 aliphatic heterocycles. The number of likely N-dealkylation sites (tertiary alicyclic amines) is 1. The van der Waals surface area contributed by atoms with Crippen molar-refractivity contribution in [1.29, 1.82) is 0 Å². The molecule has 1 amide bonds. The Bertz CT molecular complexity index is 1320. The fourth-order valence-electron chi connectivity index (χ4n) is 5.06. The molecule has 1 saturated heterocycles. The largest absolute Gasteiger partial charge is 0.335 e. The molecule has 3 nitrogen and oxygen atoms in total. The third kappa shape index (κ3) is 5.57. The molecule has 35 heavy (non-hydrogen) atoms. The lowest BCUT2D eigenvalue weighted by Crippen LogP contribution is -2.51. The lowest BCUT2D eigenvalue weighted by molar-refractivity contribution is 0.0576. The maximum atomic E-state index is 13.5. The van der Waals surface area contributed by atoms with Crippen LogP contribution in [0.2, 0.25) is 10.0 Å². The summed E-state index contributed by atoms with van der Waals surface area (Å²) in [5.74, 6) is -0.00543. The van der Waals surface area contributed by atoms with Crippen molar-refractivity contribution in [2.75, 3.05) is 6.54 Å². The molecule has 1 aliphatic rings. The van der Waals surface area contributed by atoms with E-state index < -0.39 is 0 Å². The average molecular weight is 524 g/mol. The van der Waals surface area contributed by atoms with Crippen LogP contribution in [0.4, 0.5) is 0 Å². The molecule has 1 fully saturated rings. The van der Waals surface area contributed by atoms with Crippen molar-refractivity contribution in [3.8, 4) is 0 Å². The number of hydrogen-bond donors (Lipinski definition) is 1. The fraction of sp³-hybridized carbons (Fsp3) is 0.276. The molecule has 180 valence electrons. The third-order valence-corrected chi connectivity index (χ3v) is 8.60. The Labute approximate surface area is 220 Å². The van der Waals surface area contributed by atoms with Crippen LogP contribution in [0.3, 0.4) is 0 Å². The number of piperidine rings is 1. The molecule has 3 aromatic carbocycles. The van der Waals surface area contributed by atoms with E-state index in [-0.39, 0.29) is 11.9 Å². The Morgan fingerprint density at radius 1 is 1.03 bits per heavy atom. The Morgan fingerprint density at radius 2 is 1.74 bits per heavy atom. The number of amides is 1. The van der Waals surface area contributed by atoms with Gasteiger partial charge in [0.25, 0.3) is 5.91 Å². The zero-order chi connectivity index (χ0) is 24.4. The van der Waals surface area contributed by atoms with Gasteiger partial charge in [0.15, 0.2) is 0 Å². The van der Waals surface area contributed by atoms with Crippen molar-refractivity contribution in [3.05, 3.63) is 104 Å². The predicted octanol–water partition coefficient (Wildman–Crippen LogP) is 7.52. The number of rotatable bonds is 6. The Balaban J connectivity index is 1.33. The van der Waals surface area contributed by atoms with Gasteiger partial charge in [0.1, 0.15) is 0 Å². The van der Waals surface area contributed by atoms with Crippen LogP contribution in [0, 0.1) is 6.92 Å². The SMILES string of the molecule is Cc1c(CN[C@H]2CCN(C(=O)c3cc(Cl)cc(Cl)c3)[C@H](Cc3ccccc3)C2)sc2ccccc12. The van der Waals surface area contributed by atoms with Crippen LogP contribution in [0.1, 0.15) is 39.2 Å². The number of nitrogens with zero attached hydrogens (tertiary/aromatic N) is 1. The number of carbonyl (C=O) groups excluding carboxylic acids is 1. The first-order valence-corrected chi connectivity index (χ1v) is 13.6. The van der Waals surface area contributed by atoms with Crippen LogP contribution in [-0.4, -0.2) is 29.4 Å². The van der Waals surface area contributed by atoms with Crippen LogP contribution in [-0.2, 0) is 13.0 Å². The van der Waals surface area contributed by atoms with Gasteiger partial charge < -0.3 is 10.2 Å². The summed E-state index contributed by atoms with van der Waals surface area (Å²) in [6.07, 6.45) is 2.63. The average Bonchev–Trinajstić information content (AvgIpc) is 3.18. The second-order valence-corrected chi connectivity index (χ2v) is 11.3. The molecule has 2 heterocycles. The van der Waals surface area contributed by atoms with Gasteiger partial charge in [-0.1, -0.05) is 71.7 Å². The highest BCUT2D eigenvalue weighted by Gasteiger charge is 2.32. The van der Waals surface area contributed by atoms with Gasteiger partial charge in [-0.2, -0.15) is 0 Å². The number of hydrogen-bond acceptors (Lipinski definition) is 3. The molecule has 1 aromatic heterocycles. The Kier molecular flexibility index (Phi) is 7.45. The van der Waals surface area contributed by atoms with Gasteiger partial charge in [-0.25, -0.2) is 0 Å². The lowest BCUT2D eigenvalue weighted by atomic mass is 9.91. The monoisotopic (exact) mass is 522 g/mol. The quantitative estimate of drug-likeness (QED) is 0.284. The number of thiophene rings is 1. The van der Waals surface area contributed by atoms with E-state index in [1.807, 2.05) is 22.3 Å². The minimum Gasteiger partial charge on any atom is -0.335 e. The van der Waals surface area contributed by atoms with Crippen LogP contribution in [0.25, 0.3) is 10.1 Å². The van der Waals surface area contributed by atoms with Crippen LogP contribution < -0.4 is 5.32 Å². The minimum atomic E-state index is -0.00543. The molecule has 0 saturated carbocycles. The van der Waals surface area contributed by atoms with Crippen molar-refractivity contribution in [2.45, 2.75) is 44.8 Å². The van der Waals surface area contributed by atoms with E-state index in [0.717, 1.165) is 25.8 Å². The fourth-order valence-corrected chi connectivity index (χ4v) is 6.74. The standard InChI is InChI=1S/C29H28Cl2N2OS/c1-19-26-9-5-6-10-27(26)35-28(19)18-32-24-11-12-33(25(17-24)13-20-7-3-2-4-8-20)29(34)21-14-22(30)16-23(31)15-21/h2-10,14-16,24-25,32H,11-13,17-18H2,1H3/t24-,25+/m0/s1. The molecular weight excluding hydrogens is 495 g/mol. The van der Waals surface area contributed by atoms with E-state index in [4.69, 9.17) is 23.2 Å². The van der Waals surface area contributed by atoms with E-state index in [1.54, 1.807) is 18.2 Å². The maximum Gasteiger partial charge on any atom is 0.254 e. The number of benzene rings is 3. The van der Waals surface area contributed by atoms with Gasteiger partial charge in [-0.05, 0) is 67.0 Å². The lowest BCUT2D eigenvalue weighted by Gasteiger charge is -2.40. The van der Waals surface area contributed by atoms with Crippen molar-refractivity contribution in [2.24, 2.45) is 0 Å². The molecule has 2 atom stereocenters. The number of fused-ring (bicyclic) bond motifs is 1. The van der Waals surface area contributed by atoms with E-state index in [9.17, 15) is 4.79 Å². The Morgan fingerprint density at radius 3 is 2.49 bits per heavy atom. The number of halogens is 2. The summed E-state index contributed by atoms with van der Waals surface area (Å²) in [6.45, 7) is 3.76. The zero-order valence-corrected chi connectivity index (χ0v) is 22.0. The molecule has 1 N–H and O–H groups in total. The van der Waals surface area contributed by atoms with Gasteiger partial charge in [0.05, 0.1) is 0 Å². The molecular formula is C29H28Cl2N2OS. The minimum absolute atomic E-state index is 0.00543. The van der Waals surface area contributed by atoms with Gasteiger partial charge in [0, 0.05) is 50.4 Å². The van der Waals surface area contributed by atoms with Crippen molar-refractivity contribution >= 4 is 50.5 Å². The van der Waals surface area contributed by atoms with Crippen molar-refractivity contribution in [1.82, 2.24) is 10.2 Å². The molecule has 0 bridgehead atoms. The number of aryl methyl sites for hydroxylation is 1. The van der Waals surface area contributed by atoms with Gasteiger partial charge >= 0.3 is 0 Å². The molecule has 5 rings (SSSR count). The highest BCUT2D eigenvalue weighted by atomic mass is 35.5. The molecule has 0 radical (unpaired) electrons. The summed E-state index contributed by atoms with van der Waals surface area (Å²) < 4.78 is 1.34. The Hall–Kier alpha value is -2.37. The van der Waals surface area contributed by atoms with Crippen LogP contribution >= 0.6 is 34.5 Å². The van der Waals surface area contributed by atoms with Crippen molar-refractivity contribution < 1.29 is 4.79 Å². The maximum absolute atomic E-state index is 13.5. The summed E-state index contributed by atoms with van der Waals surface area (Å²) in [7, 11) is 0. The predicted molar refractivity (Wildman–Crippen MR) is 148 cm³/mol. The number of carbonyl (C=O) groups is 1. The van der Waals surface area contributed by atoms with Gasteiger partial charge in [0.2, 0.25) is 0 Å². The highest BCUT2D eigenvalue weighted by Crippen LogP contribution is 2.31. The molecule has 0 aliphatic carbocycles. The smallest absolute Gasteiger partial charge is 0.254 e. The summed E-state index contributed by atoms with van der Waals surface area (Å²) in [4.78, 5) is 16.9. The second-order valence-electron chi connectivity index (χ2n) is 9.25. The zero-order valence-electron chi connectivity index (χ0n) is 19.6. The van der Waals surface area contributed by atoms with E-state index in [1.165, 1.54) is 26.1 Å². The summed E-state index contributed by atoms with van der Waals surface area (Å²) in [6, 6.07) is 24.5. The molecule has 0 spiro atoms. The highest BCUT2D eigenvalue weighted by molar-refractivity contribution is 7.19. The molecule has 6 heteroatoms. The van der Waals surface area contributed by atoms with E-state index >= 15 is 0 Å². The van der Waals surface area contributed by atoms with E-state index in [2.05, 4.69) is 60.8 Å². The summed E-state index contributed by atoms with van der Waals surface area (Å²) >= 11 is 14.3. The normalized spacial score (nSPS) is 18.2.